The Morgan fingerprint density at radius 3 is 2.60 bits per heavy atom. The molecule has 0 atom stereocenters. The van der Waals surface area contributed by atoms with Crippen LogP contribution in [0.1, 0.15) is 18.2 Å². The second-order valence-electron chi connectivity index (χ2n) is 4.64. The van der Waals surface area contributed by atoms with Crippen LogP contribution in [-0.4, -0.2) is 24.6 Å². The molecule has 2 aromatic rings. The highest BCUT2D eigenvalue weighted by Gasteiger charge is 2.05. The summed E-state index contributed by atoms with van der Waals surface area (Å²) in [5.74, 6) is 1.87. The van der Waals surface area contributed by atoms with Crippen molar-refractivity contribution in [2.45, 2.75) is 20.0 Å². The number of hydrogen-bond donors (Lipinski definition) is 1. The second kappa shape index (κ2) is 7.72. The van der Waals surface area contributed by atoms with Gasteiger partial charge >= 0.3 is 0 Å². The molecule has 0 amide bonds. The maximum Gasteiger partial charge on any atom is 0.119 e. The molecule has 0 saturated heterocycles. The lowest BCUT2D eigenvalue weighted by Crippen LogP contribution is -2.27. The zero-order valence-corrected chi connectivity index (χ0v) is 11.9. The van der Waals surface area contributed by atoms with Gasteiger partial charge in [0.15, 0.2) is 0 Å². The van der Waals surface area contributed by atoms with Gasteiger partial charge in [-0.25, -0.2) is 0 Å². The average molecular weight is 274 g/mol. The maximum absolute atomic E-state index is 5.74. The topological polar surface area (TPSA) is 51.6 Å². The highest BCUT2D eigenvalue weighted by atomic mass is 16.5. The van der Waals surface area contributed by atoms with Gasteiger partial charge in [0.2, 0.25) is 0 Å². The van der Waals surface area contributed by atoms with Crippen LogP contribution < -0.4 is 10.5 Å². The van der Waals surface area contributed by atoms with E-state index in [1.807, 2.05) is 36.4 Å². The minimum atomic E-state index is 0.563. The van der Waals surface area contributed by atoms with E-state index in [2.05, 4.69) is 11.8 Å². The van der Waals surface area contributed by atoms with Gasteiger partial charge in [-0.1, -0.05) is 19.1 Å². The Labute approximate surface area is 120 Å². The van der Waals surface area contributed by atoms with Crippen LogP contribution in [0.5, 0.6) is 5.75 Å². The maximum atomic E-state index is 5.74. The molecular weight excluding hydrogens is 252 g/mol. The molecule has 0 fully saturated rings. The molecule has 4 nitrogen and oxygen atoms in total. The van der Waals surface area contributed by atoms with Crippen LogP contribution in [0.2, 0.25) is 0 Å². The first kappa shape index (κ1) is 14.6. The minimum absolute atomic E-state index is 0.563. The van der Waals surface area contributed by atoms with Crippen LogP contribution in [0.25, 0.3) is 0 Å². The van der Waals surface area contributed by atoms with Crippen molar-refractivity contribution >= 4 is 0 Å². The third-order valence-corrected chi connectivity index (χ3v) is 3.24. The predicted molar refractivity (Wildman–Crippen MR) is 79.5 cm³/mol. The van der Waals surface area contributed by atoms with Crippen molar-refractivity contribution in [3.05, 3.63) is 54.0 Å². The summed E-state index contributed by atoms with van der Waals surface area (Å²) >= 11 is 0. The van der Waals surface area contributed by atoms with Crippen LogP contribution in [0.4, 0.5) is 0 Å². The van der Waals surface area contributed by atoms with E-state index in [0.29, 0.717) is 13.2 Å². The summed E-state index contributed by atoms with van der Waals surface area (Å²) in [7, 11) is 0. The van der Waals surface area contributed by atoms with E-state index in [0.717, 1.165) is 36.7 Å². The molecule has 0 radical (unpaired) electrons. The van der Waals surface area contributed by atoms with Crippen LogP contribution in [0, 0.1) is 0 Å². The monoisotopic (exact) mass is 274 g/mol. The first-order valence-corrected chi connectivity index (χ1v) is 6.98. The summed E-state index contributed by atoms with van der Waals surface area (Å²) in [6.07, 6.45) is 1.71. The zero-order chi connectivity index (χ0) is 14.2. The number of benzene rings is 1. The largest absolute Gasteiger partial charge is 0.492 e. The molecule has 1 aromatic carbocycles. The van der Waals surface area contributed by atoms with Gasteiger partial charge < -0.3 is 14.9 Å². The quantitative estimate of drug-likeness (QED) is 0.804. The third-order valence-electron chi connectivity index (χ3n) is 3.24. The fourth-order valence-electron chi connectivity index (χ4n) is 1.99. The number of nitrogens with zero attached hydrogens (tertiary/aromatic N) is 1. The van der Waals surface area contributed by atoms with E-state index >= 15 is 0 Å². The lowest BCUT2D eigenvalue weighted by Gasteiger charge is -2.19. The molecule has 0 aliphatic carbocycles. The fourth-order valence-corrected chi connectivity index (χ4v) is 1.99. The van der Waals surface area contributed by atoms with Crippen molar-refractivity contribution in [1.29, 1.82) is 0 Å². The predicted octanol–water partition coefficient (Wildman–Crippen LogP) is 2.64. The van der Waals surface area contributed by atoms with E-state index in [-0.39, 0.29) is 0 Å². The van der Waals surface area contributed by atoms with Crippen molar-refractivity contribution in [2.75, 3.05) is 19.7 Å². The van der Waals surface area contributed by atoms with Gasteiger partial charge in [-0.3, -0.25) is 4.90 Å². The summed E-state index contributed by atoms with van der Waals surface area (Å²) in [6, 6.07) is 11.8. The van der Waals surface area contributed by atoms with Crippen LogP contribution in [-0.2, 0) is 13.1 Å². The van der Waals surface area contributed by atoms with Gasteiger partial charge in [0.1, 0.15) is 18.1 Å². The number of rotatable bonds is 8. The van der Waals surface area contributed by atoms with Gasteiger partial charge in [0.25, 0.3) is 0 Å². The molecule has 2 rings (SSSR count). The van der Waals surface area contributed by atoms with E-state index in [4.69, 9.17) is 14.9 Å². The average Bonchev–Trinajstić information content (AvgIpc) is 3.00. The van der Waals surface area contributed by atoms with Crippen LogP contribution >= 0.6 is 0 Å². The highest BCUT2D eigenvalue weighted by Crippen LogP contribution is 2.12. The number of likely N-dealkylation sites (N-methyl/N-ethyl adjacent to an activating group) is 1. The lowest BCUT2D eigenvalue weighted by molar-refractivity contribution is 0.199. The van der Waals surface area contributed by atoms with Gasteiger partial charge in [-0.05, 0) is 36.4 Å². The van der Waals surface area contributed by atoms with Crippen molar-refractivity contribution in [2.24, 2.45) is 5.73 Å². The summed E-state index contributed by atoms with van der Waals surface area (Å²) in [6.45, 7) is 6.02. The molecule has 1 heterocycles. The molecule has 0 saturated carbocycles. The smallest absolute Gasteiger partial charge is 0.119 e. The van der Waals surface area contributed by atoms with E-state index in [1.165, 1.54) is 0 Å². The standard InChI is InChI=1S/C16H22N2O2/c1-2-18(13-16-4-3-10-19-16)9-11-20-15-7-5-14(12-17)6-8-15/h3-8,10H,2,9,11-13,17H2,1H3. The molecule has 0 bridgehead atoms. The number of nitrogens with two attached hydrogens (primary N) is 1. The van der Waals surface area contributed by atoms with Crippen molar-refractivity contribution in [3.63, 3.8) is 0 Å². The summed E-state index contributed by atoms with van der Waals surface area (Å²) < 4.78 is 11.1. The summed E-state index contributed by atoms with van der Waals surface area (Å²) in [5.41, 5.74) is 6.68. The van der Waals surface area contributed by atoms with Gasteiger partial charge in [0.05, 0.1) is 12.8 Å². The molecule has 2 N–H and O–H groups in total. The summed E-state index contributed by atoms with van der Waals surface area (Å²) in [5, 5.41) is 0. The molecule has 108 valence electrons. The molecule has 0 unspecified atom stereocenters. The summed E-state index contributed by atoms with van der Waals surface area (Å²) in [4.78, 5) is 2.28. The SMILES string of the molecule is CCN(CCOc1ccc(CN)cc1)Cc1ccco1. The van der Waals surface area contributed by atoms with Crippen molar-refractivity contribution < 1.29 is 9.15 Å². The van der Waals surface area contributed by atoms with Crippen LogP contribution in [0.3, 0.4) is 0 Å². The van der Waals surface area contributed by atoms with E-state index in [9.17, 15) is 0 Å². The van der Waals surface area contributed by atoms with Crippen molar-refractivity contribution in [3.8, 4) is 5.75 Å². The normalized spacial score (nSPS) is 10.9. The number of furan rings is 1. The highest BCUT2D eigenvalue weighted by molar-refractivity contribution is 5.27. The van der Waals surface area contributed by atoms with Gasteiger partial charge in [-0.15, -0.1) is 0 Å². The molecule has 0 aliphatic heterocycles. The second-order valence-corrected chi connectivity index (χ2v) is 4.64. The van der Waals surface area contributed by atoms with E-state index in [1.54, 1.807) is 6.26 Å². The van der Waals surface area contributed by atoms with Gasteiger partial charge in [-0.2, -0.15) is 0 Å². The lowest BCUT2D eigenvalue weighted by atomic mass is 10.2. The minimum Gasteiger partial charge on any atom is -0.492 e. The molecule has 0 spiro atoms. The van der Waals surface area contributed by atoms with Crippen molar-refractivity contribution in [1.82, 2.24) is 4.90 Å². The third kappa shape index (κ3) is 4.40. The molecule has 4 heteroatoms. The van der Waals surface area contributed by atoms with Crippen LogP contribution in [0.15, 0.2) is 47.1 Å². The molecule has 1 aromatic heterocycles. The van der Waals surface area contributed by atoms with Gasteiger partial charge in [0, 0.05) is 13.1 Å². The fraction of sp³-hybridized carbons (Fsp3) is 0.375. The Morgan fingerprint density at radius 2 is 2.00 bits per heavy atom. The molecule has 20 heavy (non-hydrogen) atoms. The zero-order valence-electron chi connectivity index (χ0n) is 11.9. The van der Waals surface area contributed by atoms with E-state index < -0.39 is 0 Å². The molecular formula is C16H22N2O2. The first-order valence-electron chi connectivity index (χ1n) is 6.98. The Bertz CT molecular complexity index is 480. The molecule has 0 aliphatic rings. The number of ether oxygens (including phenoxy) is 1. The Kier molecular flexibility index (Phi) is 5.65. The Hall–Kier alpha value is -1.78. The Balaban J connectivity index is 1.75. The Morgan fingerprint density at radius 1 is 1.20 bits per heavy atom. The number of hydrogen-bond acceptors (Lipinski definition) is 4. The first-order chi connectivity index (χ1) is 9.81.